The molecule has 0 radical (unpaired) electrons. The lowest BCUT2D eigenvalue weighted by molar-refractivity contribution is -0.140. The Hall–Kier alpha value is -2.17. The Bertz CT molecular complexity index is 766. The van der Waals surface area contributed by atoms with Gasteiger partial charge in [0.15, 0.2) is 17.5 Å². The van der Waals surface area contributed by atoms with Gasteiger partial charge in [-0.05, 0) is 12.8 Å². The number of thiazole rings is 1. The zero-order valence-electron chi connectivity index (χ0n) is 14.3. The highest BCUT2D eigenvalue weighted by Gasteiger charge is 2.33. The van der Waals surface area contributed by atoms with Crippen molar-refractivity contribution in [2.24, 2.45) is 4.99 Å². The number of alkyl halides is 3. The van der Waals surface area contributed by atoms with Crippen molar-refractivity contribution in [2.45, 2.75) is 44.9 Å². The lowest BCUT2D eigenvalue weighted by Gasteiger charge is -2.16. The van der Waals surface area contributed by atoms with Gasteiger partial charge < -0.3 is 15.2 Å². The Balaban J connectivity index is 1.46. The van der Waals surface area contributed by atoms with Crippen LogP contribution in [0.5, 0.6) is 0 Å². The number of fused-ring (bicyclic) bond motifs is 1. The fraction of sp³-hybridized carbons (Fsp3) is 0.600. The Morgan fingerprint density at radius 3 is 2.88 bits per heavy atom. The van der Waals surface area contributed by atoms with Crippen molar-refractivity contribution in [1.82, 2.24) is 30.4 Å². The zero-order chi connectivity index (χ0) is 18.6. The van der Waals surface area contributed by atoms with Gasteiger partial charge in [-0.3, -0.25) is 4.99 Å². The molecule has 0 aliphatic carbocycles. The minimum atomic E-state index is -4.39. The van der Waals surface area contributed by atoms with E-state index in [1.165, 1.54) is 0 Å². The van der Waals surface area contributed by atoms with E-state index in [1.54, 1.807) is 7.05 Å². The van der Waals surface area contributed by atoms with Crippen LogP contribution in [-0.2, 0) is 32.1 Å². The third-order valence-electron chi connectivity index (χ3n) is 4.05. The molecule has 7 nitrogen and oxygen atoms in total. The highest BCUT2D eigenvalue weighted by molar-refractivity contribution is 7.09. The summed E-state index contributed by atoms with van der Waals surface area (Å²) in [5.74, 6) is 2.43. The molecule has 0 bridgehead atoms. The molecule has 0 fully saturated rings. The van der Waals surface area contributed by atoms with E-state index in [2.05, 4.69) is 35.4 Å². The maximum Gasteiger partial charge on any atom is 0.434 e. The molecule has 0 spiro atoms. The molecule has 2 aromatic heterocycles. The number of halogens is 3. The van der Waals surface area contributed by atoms with E-state index < -0.39 is 11.9 Å². The molecule has 0 atom stereocenters. The smallest absolute Gasteiger partial charge is 0.356 e. The van der Waals surface area contributed by atoms with Crippen LogP contribution >= 0.6 is 11.3 Å². The normalized spacial score (nSPS) is 15.0. The molecule has 3 rings (SSSR count). The quantitative estimate of drug-likeness (QED) is 0.606. The van der Waals surface area contributed by atoms with Crippen LogP contribution in [0.4, 0.5) is 13.2 Å². The van der Waals surface area contributed by atoms with E-state index in [0.29, 0.717) is 30.5 Å². The van der Waals surface area contributed by atoms with Crippen molar-refractivity contribution in [2.75, 3.05) is 13.6 Å². The minimum Gasteiger partial charge on any atom is -0.356 e. The number of aryl methyl sites for hydroxylation is 1. The molecule has 2 aromatic rings. The van der Waals surface area contributed by atoms with Gasteiger partial charge in [-0.2, -0.15) is 13.2 Å². The van der Waals surface area contributed by atoms with Crippen LogP contribution in [0.2, 0.25) is 0 Å². The van der Waals surface area contributed by atoms with E-state index >= 15 is 0 Å². The summed E-state index contributed by atoms with van der Waals surface area (Å²) < 4.78 is 39.8. The Morgan fingerprint density at radius 2 is 2.15 bits per heavy atom. The standard InChI is InChI=1S/C15H20F3N7S/c1-19-14(20-6-5-13-22-10(9-26-13)15(16,17)18)21-8-12-24-23-11-4-2-3-7-25(11)12/h9H,2-8H2,1H3,(H2,19,20,21). The van der Waals surface area contributed by atoms with E-state index in [9.17, 15) is 13.2 Å². The van der Waals surface area contributed by atoms with Gasteiger partial charge in [0.05, 0.1) is 11.6 Å². The second-order valence-electron chi connectivity index (χ2n) is 5.87. The van der Waals surface area contributed by atoms with Gasteiger partial charge in [0.2, 0.25) is 0 Å². The summed E-state index contributed by atoms with van der Waals surface area (Å²) in [4.78, 5) is 7.73. The monoisotopic (exact) mass is 387 g/mol. The van der Waals surface area contributed by atoms with Crippen molar-refractivity contribution < 1.29 is 13.2 Å². The third kappa shape index (κ3) is 4.51. The first-order valence-corrected chi connectivity index (χ1v) is 9.22. The number of nitrogens with one attached hydrogen (secondary N) is 2. The van der Waals surface area contributed by atoms with Crippen molar-refractivity contribution in [3.63, 3.8) is 0 Å². The molecule has 1 aliphatic heterocycles. The third-order valence-corrected chi connectivity index (χ3v) is 4.96. The lowest BCUT2D eigenvalue weighted by Crippen LogP contribution is -2.38. The van der Waals surface area contributed by atoms with Crippen molar-refractivity contribution >= 4 is 17.3 Å². The largest absolute Gasteiger partial charge is 0.434 e. The first-order valence-electron chi connectivity index (χ1n) is 8.34. The molecular formula is C15H20F3N7S. The van der Waals surface area contributed by atoms with Crippen LogP contribution in [0.15, 0.2) is 10.4 Å². The topological polar surface area (TPSA) is 80.0 Å². The SMILES string of the molecule is CN=C(NCCc1nc(C(F)(F)F)cs1)NCc1nnc2n1CCCC2. The number of aromatic nitrogens is 4. The second-order valence-corrected chi connectivity index (χ2v) is 6.81. The van der Waals surface area contributed by atoms with Crippen molar-refractivity contribution in [3.05, 3.63) is 27.7 Å². The summed E-state index contributed by atoms with van der Waals surface area (Å²) in [7, 11) is 1.64. The Labute approximate surface area is 152 Å². The Morgan fingerprint density at radius 1 is 1.31 bits per heavy atom. The molecule has 0 aromatic carbocycles. The van der Waals surface area contributed by atoms with Gasteiger partial charge in [-0.1, -0.05) is 0 Å². The fourth-order valence-electron chi connectivity index (χ4n) is 2.73. The van der Waals surface area contributed by atoms with Gasteiger partial charge >= 0.3 is 6.18 Å². The van der Waals surface area contributed by atoms with E-state index in [0.717, 1.165) is 54.2 Å². The number of hydrogen-bond donors (Lipinski definition) is 2. The number of rotatable bonds is 5. The molecule has 142 valence electrons. The summed E-state index contributed by atoms with van der Waals surface area (Å²) in [5, 5.41) is 16.1. The molecule has 3 heterocycles. The second kappa shape index (κ2) is 8.02. The number of hydrogen-bond acceptors (Lipinski definition) is 5. The van der Waals surface area contributed by atoms with Crippen molar-refractivity contribution in [1.29, 1.82) is 0 Å². The minimum absolute atomic E-state index is 0.391. The van der Waals surface area contributed by atoms with Crippen LogP contribution in [0, 0.1) is 0 Å². The molecule has 2 N–H and O–H groups in total. The average Bonchev–Trinajstić information content (AvgIpc) is 3.25. The number of nitrogens with zero attached hydrogens (tertiary/aromatic N) is 5. The summed E-state index contributed by atoms with van der Waals surface area (Å²) in [5.41, 5.74) is -0.836. The van der Waals surface area contributed by atoms with Crippen LogP contribution < -0.4 is 10.6 Å². The van der Waals surface area contributed by atoms with Gasteiger partial charge in [-0.15, -0.1) is 21.5 Å². The summed E-state index contributed by atoms with van der Waals surface area (Å²) in [6.07, 6.45) is -0.785. The number of guanidine groups is 1. The molecule has 0 unspecified atom stereocenters. The molecule has 1 aliphatic rings. The highest BCUT2D eigenvalue weighted by Crippen LogP contribution is 2.29. The maximum absolute atomic E-state index is 12.5. The lowest BCUT2D eigenvalue weighted by atomic mass is 10.2. The van der Waals surface area contributed by atoms with E-state index in [4.69, 9.17) is 0 Å². The molecular weight excluding hydrogens is 367 g/mol. The van der Waals surface area contributed by atoms with Gasteiger partial charge in [0.1, 0.15) is 5.82 Å². The first kappa shape index (κ1) is 18.6. The van der Waals surface area contributed by atoms with Crippen LogP contribution in [-0.4, -0.2) is 39.3 Å². The molecule has 0 amide bonds. The highest BCUT2D eigenvalue weighted by atomic mass is 32.1. The van der Waals surface area contributed by atoms with Crippen LogP contribution in [0.3, 0.4) is 0 Å². The van der Waals surface area contributed by atoms with E-state index in [1.807, 2.05) is 0 Å². The predicted octanol–water partition coefficient (Wildman–Crippen LogP) is 2.00. The molecule has 11 heteroatoms. The zero-order valence-corrected chi connectivity index (χ0v) is 15.1. The van der Waals surface area contributed by atoms with Crippen LogP contribution in [0.25, 0.3) is 0 Å². The number of aliphatic imine (C=N–C) groups is 1. The van der Waals surface area contributed by atoms with Crippen LogP contribution in [0.1, 0.15) is 35.2 Å². The predicted molar refractivity (Wildman–Crippen MR) is 92.0 cm³/mol. The van der Waals surface area contributed by atoms with Gasteiger partial charge in [0, 0.05) is 38.4 Å². The fourth-order valence-corrected chi connectivity index (χ4v) is 3.53. The average molecular weight is 387 g/mol. The molecule has 0 saturated carbocycles. The summed E-state index contributed by atoms with van der Waals surface area (Å²) >= 11 is 1.01. The summed E-state index contributed by atoms with van der Waals surface area (Å²) in [6.45, 7) is 1.85. The Kier molecular flexibility index (Phi) is 5.74. The van der Waals surface area contributed by atoms with E-state index in [-0.39, 0.29) is 0 Å². The van der Waals surface area contributed by atoms with Crippen molar-refractivity contribution in [3.8, 4) is 0 Å². The first-order chi connectivity index (χ1) is 12.5. The van der Waals surface area contributed by atoms with Gasteiger partial charge in [0.25, 0.3) is 0 Å². The summed E-state index contributed by atoms with van der Waals surface area (Å²) in [6, 6.07) is 0. The van der Waals surface area contributed by atoms with Gasteiger partial charge in [-0.25, -0.2) is 4.98 Å². The molecule has 0 saturated heterocycles. The molecule has 26 heavy (non-hydrogen) atoms. The maximum atomic E-state index is 12.5.